The summed E-state index contributed by atoms with van der Waals surface area (Å²) in [6.07, 6.45) is 0.738. The third-order valence-electron chi connectivity index (χ3n) is 4.90. The smallest absolute Gasteiger partial charge is 0.336 e. The first-order chi connectivity index (χ1) is 10.5. The number of fused-ring (bicyclic) bond motifs is 1. The molecule has 0 radical (unpaired) electrons. The maximum Gasteiger partial charge on any atom is 0.336 e. The van der Waals surface area contributed by atoms with E-state index < -0.39 is 0 Å². The molecular weight excluding hydrogens is 278 g/mol. The van der Waals surface area contributed by atoms with Crippen molar-refractivity contribution >= 4 is 11.0 Å². The Hall–Kier alpha value is -1.65. The minimum Gasteiger partial charge on any atom is -0.422 e. The van der Waals surface area contributed by atoms with Gasteiger partial charge in [-0.3, -0.25) is 4.90 Å². The highest BCUT2D eigenvalue weighted by atomic mass is 16.4. The quantitative estimate of drug-likeness (QED) is 0.886. The Morgan fingerprint density at radius 2 is 2.18 bits per heavy atom. The predicted octanol–water partition coefficient (Wildman–Crippen LogP) is 2.61. The molecule has 1 aliphatic rings. The minimum atomic E-state index is -0.289. The van der Waals surface area contributed by atoms with E-state index in [-0.39, 0.29) is 11.7 Å². The summed E-state index contributed by atoms with van der Waals surface area (Å²) < 4.78 is 5.42. The van der Waals surface area contributed by atoms with Gasteiger partial charge in [-0.2, -0.15) is 0 Å². The van der Waals surface area contributed by atoms with E-state index in [9.17, 15) is 9.90 Å². The van der Waals surface area contributed by atoms with E-state index in [1.807, 2.05) is 26.8 Å². The highest BCUT2D eigenvalue weighted by Crippen LogP contribution is 2.26. The summed E-state index contributed by atoms with van der Waals surface area (Å²) in [7, 11) is 0. The summed E-state index contributed by atoms with van der Waals surface area (Å²) in [6.45, 7) is 8.44. The van der Waals surface area contributed by atoms with Crippen LogP contribution < -0.4 is 5.63 Å². The maximum atomic E-state index is 11.9. The first-order valence-corrected chi connectivity index (χ1v) is 7.89. The summed E-state index contributed by atoms with van der Waals surface area (Å²) >= 11 is 0. The van der Waals surface area contributed by atoms with Gasteiger partial charge in [0.05, 0.1) is 6.10 Å². The number of hydrogen-bond donors (Lipinski definition) is 1. The van der Waals surface area contributed by atoms with E-state index in [2.05, 4.69) is 11.0 Å². The molecule has 0 amide bonds. The van der Waals surface area contributed by atoms with Gasteiger partial charge in [0, 0.05) is 24.5 Å². The van der Waals surface area contributed by atoms with Crippen molar-refractivity contribution in [3.63, 3.8) is 0 Å². The SMILES string of the molecule is Cc1ccc2c(CN3CCC(C(C)O)C3)cc(=O)oc2c1C. The van der Waals surface area contributed by atoms with Gasteiger partial charge in [0.2, 0.25) is 0 Å². The Labute approximate surface area is 130 Å². The van der Waals surface area contributed by atoms with Crippen LogP contribution in [0.25, 0.3) is 11.0 Å². The molecule has 3 rings (SSSR count). The van der Waals surface area contributed by atoms with E-state index in [0.717, 1.165) is 48.1 Å². The molecule has 118 valence electrons. The molecule has 1 aromatic heterocycles. The van der Waals surface area contributed by atoms with Crippen LogP contribution in [0.1, 0.15) is 30.0 Å². The lowest BCUT2D eigenvalue weighted by molar-refractivity contribution is 0.127. The molecule has 1 fully saturated rings. The number of rotatable bonds is 3. The first-order valence-electron chi connectivity index (χ1n) is 7.89. The molecule has 2 atom stereocenters. The largest absolute Gasteiger partial charge is 0.422 e. The summed E-state index contributed by atoms with van der Waals surface area (Å²) in [6, 6.07) is 5.72. The molecule has 1 N–H and O–H groups in total. The monoisotopic (exact) mass is 301 g/mol. The number of aryl methyl sites for hydroxylation is 2. The summed E-state index contributed by atoms with van der Waals surface area (Å²) in [4.78, 5) is 14.2. The molecule has 22 heavy (non-hydrogen) atoms. The lowest BCUT2D eigenvalue weighted by Crippen LogP contribution is -2.24. The van der Waals surface area contributed by atoms with Crippen LogP contribution in [-0.4, -0.2) is 29.2 Å². The molecule has 4 nitrogen and oxygen atoms in total. The van der Waals surface area contributed by atoms with Gasteiger partial charge in [0.15, 0.2) is 0 Å². The molecule has 0 bridgehead atoms. The summed E-state index contributed by atoms with van der Waals surface area (Å²) in [5.74, 6) is 0.329. The van der Waals surface area contributed by atoms with Crippen LogP contribution in [0.4, 0.5) is 0 Å². The Kier molecular flexibility index (Phi) is 4.06. The van der Waals surface area contributed by atoms with Gasteiger partial charge in [-0.15, -0.1) is 0 Å². The van der Waals surface area contributed by atoms with Crippen molar-refractivity contribution in [2.24, 2.45) is 5.92 Å². The van der Waals surface area contributed by atoms with Crippen LogP contribution in [0.3, 0.4) is 0 Å². The maximum absolute atomic E-state index is 11.9. The Bertz CT molecular complexity index is 748. The topological polar surface area (TPSA) is 53.7 Å². The highest BCUT2D eigenvalue weighted by molar-refractivity contribution is 5.83. The fourth-order valence-corrected chi connectivity index (χ4v) is 3.30. The second-order valence-electron chi connectivity index (χ2n) is 6.50. The molecule has 2 heterocycles. The van der Waals surface area contributed by atoms with Gasteiger partial charge in [0.1, 0.15) is 5.58 Å². The van der Waals surface area contributed by atoms with Gasteiger partial charge in [-0.1, -0.05) is 12.1 Å². The lowest BCUT2D eigenvalue weighted by Gasteiger charge is -2.18. The van der Waals surface area contributed by atoms with Crippen molar-refractivity contribution in [3.05, 3.63) is 45.3 Å². The van der Waals surface area contributed by atoms with Crippen LogP contribution in [0.15, 0.2) is 27.4 Å². The molecule has 1 saturated heterocycles. The zero-order valence-corrected chi connectivity index (χ0v) is 13.4. The first kappa shape index (κ1) is 15.3. The number of likely N-dealkylation sites (tertiary alicyclic amines) is 1. The number of hydrogen-bond acceptors (Lipinski definition) is 4. The Morgan fingerprint density at radius 1 is 1.41 bits per heavy atom. The second kappa shape index (κ2) is 5.86. The van der Waals surface area contributed by atoms with Gasteiger partial charge in [0.25, 0.3) is 0 Å². The molecule has 4 heteroatoms. The highest BCUT2D eigenvalue weighted by Gasteiger charge is 2.26. The van der Waals surface area contributed by atoms with E-state index >= 15 is 0 Å². The molecule has 1 aliphatic heterocycles. The molecule has 2 unspecified atom stereocenters. The fourth-order valence-electron chi connectivity index (χ4n) is 3.30. The molecule has 0 spiro atoms. The molecule has 0 aliphatic carbocycles. The molecular formula is C18H23NO3. The third kappa shape index (κ3) is 2.81. The van der Waals surface area contributed by atoms with Crippen LogP contribution in [0.2, 0.25) is 0 Å². The van der Waals surface area contributed by atoms with Crippen molar-refractivity contribution in [2.45, 2.75) is 39.8 Å². The van der Waals surface area contributed by atoms with Crippen LogP contribution in [-0.2, 0) is 6.54 Å². The van der Waals surface area contributed by atoms with Crippen molar-refractivity contribution in [1.29, 1.82) is 0 Å². The van der Waals surface area contributed by atoms with Crippen molar-refractivity contribution in [3.8, 4) is 0 Å². The summed E-state index contributed by atoms with van der Waals surface area (Å²) in [5, 5.41) is 10.7. The average Bonchev–Trinajstić information content (AvgIpc) is 2.92. The molecule has 2 aromatic rings. The van der Waals surface area contributed by atoms with Gasteiger partial charge in [-0.25, -0.2) is 4.79 Å². The molecule has 0 saturated carbocycles. The van der Waals surface area contributed by atoms with Crippen LogP contribution in [0, 0.1) is 19.8 Å². The van der Waals surface area contributed by atoms with Crippen molar-refractivity contribution in [1.82, 2.24) is 4.90 Å². The Balaban J connectivity index is 1.95. The fraction of sp³-hybridized carbons (Fsp3) is 0.500. The van der Waals surface area contributed by atoms with Gasteiger partial charge < -0.3 is 9.52 Å². The number of aliphatic hydroxyl groups excluding tert-OH is 1. The predicted molar refractivity (Wildman–Crippen MR) is 87.0 cm³/mol. The van der Waals surface area contributed by atoms with Crippen LogP contribution in [0.5, 0.6) is 0 Å². The van der Waals surface area contributed by atoms with E-state index in [4.69, 9.17) is 4.42 Å². The summed E-state index contributed by atoms with van der Waals surface area (Å²) in [5.41, 5.74) is 3.58. The standard InChI is InChI=1S/C18H23NO3/c1-11-4-5-16-15(8-17(21)22-18(16)12(11)2)10-19-7-6-14(9-19)13(3)20/h4-5,8,13-14,20H,6-7,9-10H2,1-3H3. The zero-order valence-electron chi connectivity index (χ0n) is 13.4. The number of benzene rings is 1. The molecule has 1 aromatic carbocycles. The minimum absolute atomic E-state index is 0.271. The van der Waals surface area contributed by atoms with E-state index in [1.54, 1.807) is 6.07 Å². The van der Waals surface area contributed by atoms with Crippen LogP contribution >= 0.6 is 0 Å². The zero-order chi connectivity index (χ0) is 15.9. The van der Waals surface area contributed by atoms with E-state index in [1.165, 1.54) is 0 Å². The lowest BCUT2D eigenvalue weighted by atomic mass is 10.0. The van der Waals surface area contributed by atoms with Gasteiger partial charge >= 0.3 is 5.63 Å². The number of nitrogens with zero attached hydrogens (tertiary/aromatic N) is 1. The second-order valence-corrected chi connectivity index (χ2v) is 6.50. The average molecular weight is 301 g/mol. The van der Waals surface area contributed by atoms with Gasteiger partial charge in [-0.05, 0) is 56.3 Å². The van der Waals surface area contributed by atoms with Crippen molar-refractivity contribution in [2.75, 3.05) is 13.1 Å². The third-order valence-corrected chi connectivity index (χ3v) is 4.90. The normalized spacial score (nSPS) is 20.6. The van der Waals surface area contributed by atoms with E-state index in [0.29, 0.717) is 11.5 Å². The van der Waals surface area contributed by atoms with Crippen molar-refractivity contribution < 1.29 is 9.52 Å². The Morgan fingerprint density at radius 3 is 2.86 bits per heavy atom. The number of aliphatic hydroxyl groups is 1.